The fraction of sp³-hybridized carbons (Fsp3) is 0.667. The van der Waals surface area contributed by atoms with Gasteiger partial charge in [0.05, 0.1) is 12.0 Å². The molecule has 0 aliphatic heterocycles. The maximum Gasteiger partial charge on any atom is 0.311 e. The van der Waals surface area contributed by atoms with Crippen LogP contribution >= 0.6 is 11.3 Å². The van der Waals surface area contributed by atoms with E-state index in [1.807, 2.05) is 70.7 Å². The average Bonchev–Trinajstić information content (AvgIpc) is 3.62. The molecule has 0 spiro atoms. The Balaban J connectivity index is 1.85. The second-order valence-electron chi connectivity index (χ2n) is 14.5. The van der Waals surface area contributed by atoms with Gasteiger partial charge >= 0.3 is 5.97 Å². The van der Waals surface area contributed by atoms with Crippen molar-refractivity contribution < 1.29 is 29.0 Å². The van der Waals surface area contributed by atoms with Crippen molar-refractivity contribution in [2.75, 3.05) is 13.2 Å². The van der Waals surface area contributed by atoms with Crippen LogP contribution in [-0.2, 0) is 25.5 Å². The number of carbonyl (C=O) groups is 4. The number of nitrogens with two attached hydrogens (primary N) is 1. The second kappa shape index (κ2) is 20.0. The van der Waals surface area contributed by atoms with E-state index in [2.05, 4.69) is 24.5 Å². The number of aliphatic carboxylic acids is 1. The Morgan fingerprint density at radius 1 is 1.04 bits per heavy atom. The molecule has 3 amide bonds. The Bertz CT molecular complexity index is 1450. The van der Waals surface area contributed by atoms with Crippen molar-refractivity contribution in [2.45, 2.75) is 137 Å². The molecule has 2 aromatic rings. The molecule has 0 bridgehead atoms. The number of nitrogens with zero attached hydrogens (tertiary/aromatic N) is 2. The summed E-state index contributed by atoms with van der Waals surface area (Å²) < 4.78 is 6.38. The van der Waals surface area contributed by atoms with Crippen molar-refractivity contribution in [1.29, 1.82) is 0 Å². The van der Waals surface area contributed by atoms with E-state index in [9.17, 15) is 24.3 Å². The minimum Gasteiger partial charge on any atom is -0.481 e. The molecule has 0 radical (unpaired) electrons. The maximum absolute atomic E-state index is 14.5. The van der Waals surface area contributed by atoms with Gasteiger partial charge in [-0.3, -0.25) is 19.2 Å². The molecule has 0 fully saturated rings. The number of hydrogen-bond donors (Lipinski definition) is 4. The van der Waals surface area contributed by atoms with Crippen LogP contribution in [0, 0.1) is 17.8 Å². The molecular weight excluding hydrogens is 667 g/mol. The number of aromatic nitrogens is 1. The van der Waals surface area contributed by atoms with Crippen LogP contribution in [0.15, 0.2) is 29.6 Å². The smallest absolute Gasteiger partial charge is 0.311 e. The van der Waals surface area contributed by atoms with Gasteiger partial charge in [0.1, 0.15) is 22.8 Å². The standard InChI is InChI=1S/C39H61N5O6S/c1-9-17-44(38(47)34(25(8)12-4)43-36(46)33(40)24(7)11-3)31(23(5)6)21-32(50-18-10-2)37-42-30(22-51-37)35(45)41-27-19-26-15-13-14-16-28(26)29(20-27)39(48)49/h13-16,22-25,27,29,31-34H,9-12,17-21,40H2,1-8H3,(H,41,45)(H,43,46)(H,48,49)/t24-,25-,27-,29+,31+,32+,33+,34-/m0/s1. The first kappa shape index (κ1) is 42.1. The molecule has 5 N–H and O–H groups in total. The third kappa shape index (κ3) is 11.1. The van der Waals surface area contributed by atoms with Gasteiger partial charge in [0.15, 0.2) is 0 Å². The Labute approximate surface area is 308 Å². The lowest BCUT2D eigenvalue weighted by Crippen LogP contribution is -2.58. The number of rotatable bonds is 20. The Morgan fingerprint density at radius 2 is 1.73 bits per heavy atom. The van der Waals surface area contributed by atoms with E-state index in [0.29, 0.717) is 43.8 Å². The molecule has 284 valence electrons. The van der Waals surface area contributed by atoms with Crippen LogP contribution in [0.5, 0.6) is 0 Å². The zero-order valence-electron chi connectivity index (χ0n) is 31.8. The van der Waals surface area contributed by atoms with Crippen molar-refractivity contribution >= 4 is 35.0 Å². The largest absolute Gasteiger partial charge is 0.481 e. The van der Waals surface area contributed by atoms with Gasteiger partial charge in [0.2, 0.25) is 11.8 Å². The third-order valence-electron chi connectivity index (χ3n) is 10.3. The van der Waals surface area contributed by atoms with E-state index in [1.54, 1.807) is 5.38 Å². The van der Waals surface area contributed by atoms with Gasteiger partial charge in [0.25, 0.3) is 5.91 Å². The number of hydrogen-bond acceptors (Lipinski definition) is 8. The zero-order chi connectivity index (χ0) is 37.8. The normalized spacial score (nSPS) is 19.3. The van der Waals surface area contributed by atoms with Gasteiger partial charge in [-0.05, 0) is 54.6 Å². The van der Waals surface area contributed by atoms with E-state index in [0.717, 1.165) is 30.4 Å². The zero-order valence-corrected chi connectivity index (χ0v) is 32.6. The van der Waals surface area contributed by atoms with Crippen LogP contribution in [0.3, 0.4) is 0 Å². The van der Waals surface area contributed by atoms with Gasteiger partial charge in [-0.2, -0.15) is 0 Å². The van der Waals surface area contributed by atoms with Crippen LogP contribution in [-0.4, -0.2) is 76.0 Å². The first-order chi connectivity index (χ1) is 24.3. The summed E-state index contributed by atoms with van der Waals surface area (Å²) >= 11 is 1.35. The van der Waals surface area contributed by atoms with E-state index in [1.165, 1.54) is 11.3 Å². The maximum atomic E-state index is 14.5. The van der Waals surface area contributed by atoms with Gasteiger partial charge < -0.3 is 31.1 Å². The molecule has 0 saturated heterocycles. The fourth-order valence-corrected chi connectivity index (χ4v) is 7.61. The summed E-state index contributed by atoms with van der Waals surface area (Å²) in [5, 5.41) is 18.3. The van der Waals surface area contributed by atoms with E-state index in [-0.39, 0.29) is 53.3 Å². The number of ether oxygens (including phenoxy) is 1. The van der Waals surface area contributed by atoms with Gasteiger partial charge in [-0.1, -0.05) is 92.5 Å². The minimum atomic E-state index is -0.906. The number of amides is 3. The lowest BCUT2D eigenvalue weighted by molar-refractivity contribution is -0.142. The number of carboxylic acids is 1. The second-order valence-corrected chi connectivity index (χ2v) is 15.4. The number of thiazole rings is 1. The monoisotopic (exact) mass is 727 g/mol. The van der Waals surface area contributed by atoms with Crippen LogP contribution in [0.1, 0.15) is 133 Å². The Hall–Kier alpha value is -3.35. The molecule has 1 aliphatic rings. The molecule has 1 aromatic carbocycles. The summed E-state index contributed by atoms with van der Waals surface area (Å²) in [6.45, 7) is 17.2. The van der Waals surface area contributed by atoms with Crippen molar-refractivity contribution in [2.24, 2.45) is 23.5 Å². The van der Waals surface area contributed by atoms with Crippen LogP contribution in [0.4, 0.5) is 0 Å². The summed E-state index contributed by atoms with van der Waals surface area (Å²) in [5.41, 5.74) is 8.26. The van der Waals surface area contributed by atoms with Gasteiger partial charge in [-0.25, -0.2) is 4.98 Å². The number of fused-ring (bicyclic) bond motifs is 1. The number of carboxylic acid groups (broad SMARTS) is 1. The lowest BCUT2D eigenvalue weighted by Gasteiger charge is -2.39. The Morgan fingerprint density at radius 3 is 2.33 bits per heavy atom. The van der Waals surface area contributed by atoms with Crippen molar-refractivity contribution in [3.05, 3.63) is 51.5 Å². The quantitative estimate of drug-likeness (QED) is 0.128. The van der Waals surface area contributed by atoms with E-state index >= 15 is 0 Å². The molecule has 0 unspecified atom stereocenters. The number of benzene rings is 1. The number of nitrogens with one attached hydrogen (secondary N) is 2. The molecule has 0 saturated carbocycles. The highest BCUT2D eigenvalue weighted by molar-refractivity contribution is 7.09. The van der Waals surface area contributed by atoms with Gasteiger partial charge in [0, 0.05) is 37.0 Å². The van der Waals surface area contributed by atoms with Crippen molar-refractivity contribution in [3.63, 3.8) is 0 Å². The van der Waals surface area contributed by atoms with Crippen LogP contribution < -0.4 is 16.4 Å². The first-order valence-electron chi connectivity index (χ1n) is 18.8. The molecule has 1 heterocycles. The lowest BCUT2D eigenvalue weighted by atomic mass is 9.80. The van der Waals surface area contributed by atoms with E-state index < -0.39 is 30.1 Å². The van der Waals surface area contributed by atoms with Crippen LogP contribution in [0.2, 0.25) is 0 Å². The Kier molecular flexibility index (Phi) is 16.5. The predicted octanol–water partition coefficient (Wildman–Crippen LogP) is 6.08. The summed E-state index contributed by atoms with van der Waals surface area (Å²) in [7, 11) is 0. The molecule has 3 rings (SSSR count). The number of carbonyl (C=O) groups excluding carboxylic acids is 3. The minimum absolute atomic E-state index is 0.0179. The predicted molar refractivity (Wildman–Crippen MR) is 202 cm³/mol. The molecule has 8 atom stereocenters. The molecule has 1 aromatic heterocycles. The third-order valence-corrected chi connectivity index (χ3v) is 11.2. The van der Waals surface area contributed by atoms with Crippen molar-refractivity contribution in [3.8, 4) is 0 Å². The molecule has 51 heavy (non-hydrogen) atoms. The fourth-order valence-electron chi connectivity index (χ4n) is 6.75. The molecule has 11 nitrogen and oxygen atoms in total. The first-order valence-corrected chi connectivity index (χ1v) is 19.7. The highest BCUT2D eigenvalue weighted by Crippen LogP contribution is 2.34. The summed E-state index contributed by atoms with van der Waals surface area (Å²) in [6, 6.07) is 5.49. The van der Waals surface area contributed by atoms with Gasteiger partial charge in [-0.15, -0.1) is 11.3 Å². The molecule has 1 aliphatic carbocycles. The van der Waals surface area contributed by atoms with E-state index in [4.69, 9.17) is 15.5 Å². The van der Waals surface area contributed by atoms with Crippen molar-refractivity contribution in [1.82, 2.24) is 20.5 Å². The highest BCUT2D eigenvalue weighted by atomic mass is 32.1. The molecule has 12 heteroatoms. The average molecular weight is 728 g/mol. The summed E-state index contributed by atoms with van der Waals surface area (Å²) in [6.07, 6.45) is 3.83. The van der Waals surface area contributed by atoms with Crippen LogP contribution in [0.25, 0.3) is 0 Å². The summed E-state index contributed by atoms with van der Waals surface area (Å²) in [5.74, 6) is -2.45. The highest BCUT2D eigenvalue weighted by Gasteiger charge is 2.38. The SMILES string of the molecule is CCCO[C@H](C[C@H](C(C)C)N(CCC)C(=O)[C@@H](NC(=O)[C@H](N)[C@@H](C)CC)[C@@H](C)CC)c1nc(C(=O)N[C@H]2Cc3ccccc3[C@H](C(=O)O)C2)cs1. The molecular formula is C39H61N5O6S. The summed E-state index contributed by atoms with van der Waals surface area (Å²) in [4.78, 5) is 59.9. The topological polar surface area (TPSA) is 164 Å².